The number of benzene rings is 2. The predicted molar refractivity (Wildman–Crippen MR) is 210 cm³/mol. The van der Waals surface area contributed by atoms with Crippen molar-refractivity contribution >= 4 is 58.4 Å². The Morgan fingerprint density at radius 3 is 2.42 bits per heavy atom. The van der Waals surface area contributed by atoms with Crippen molar-refractivity contribution in [2.45, 2.75) is 56.8 Å². The number of imide groups is 2. The highest BCUT2D eigenvalue weighted by atomic mass is 16.3. The van der Waals surface area contributed by atoms with E-state index < -0.39 is 35.9 Å². The van der Waals surface area contributed by atoms with Crippen LogP contribution in [0.4, 0.5) is 33.5 Å². The van der Waals surface area contributed by atoms with Crippen LogP contribution in [0.1, 0.15) is 71.2 Å². The maximum Gasteiger partial charge on any atom is 0.320 e. The van der Waals surface area contributed by atoms with Gasteiger partial charge in [-0.05, 0) is 68.5 Å². The van der Waals surface area contributed by atoms with E-state index in [1.807, 2.05) is 30.1 Å². The molecule has 298 valence electrons. The number of piperidine rings is 3. The van der Waals surface area contributed by atoms with Crippen LogP contribution in [-0.4, -0.2) is 131 Å². The molecule has 7 heterocycles. The first-order valence-corrected chi connectivity index (χ1v) is 19.8. The summed E-state index contributed by atoms with van der Waals surface area (Å²) < 4.78 is 0. The monoisotopic (exact) mass is 777 g/mol. The average Bonchev–Trinajstić information content (AvgIpc) is 3.67. The Balaban J connectivity index is 0.860. The van der Waals surface area contributed by atoms with Gasteiger partial charge in [0.1, 0.15) is 23.8 Å². The number of anilines is 5. The van der Waals surface area contributed by atoms with E-state index in [1.54, 1.807) is 23.2 Å². The normalized spacial score (nSPS) is 23.9. The minimum atomic E-state index is -1.33. The Labute approximate surface area is 329 Å². The molecule has 2 unspecified atom stereocenters. The Hall–Kier alpha value is -5.81. The summed E-state index contributed by atoms with van der Waals surface area (Å²) in [6.45, 7) is 6.05. The van der Waals surface area contributed by atoms with Gasteiger partial charge in [0.05, 0.1) is 29.1 Å². The minimum Gasteiger partial charge on any atom is -0.373 e. The van der Waals surface area contributed by atoms with E-state index in [0.717, 1.165) is 81.2 Å². The molecule has 3 atom stereocenters. The van der Waals surface area contributed by atoms with Gasteiger partial charge in [0, 0.05) is 82.6 Å². The number of aliphatic hydroxyl groups excluding tert-OH is 1. The van der Waals surface area contributed by atoms with Gasteiger partial charge in [0.25, 0.3) is 11.8 Å². The number of aromatic nitrogens is 2. The molecule has 9 rings (SSSR count). The van der Waals surface area contributed by atoms with Crippen LogP contribution >= 0.6 is 0 Å². The van der Waals surface area contributed by atoms with E-state index in [9.17, 15) is 29.1 Å². The third-order valence-corrected chi connectivity index (χ3v) is 12.5. The maximum atomic E-state index is 13.7. The topological polar surface area (TPSA) is 201 Å². The molecule has 5 fully saturated rings. The zero-order chi connectivity index (χ0) is 39.6. The second-order valence-electron chi connectivity index (χ2n) is 16.2. The standard InChI is InChI=1S/C40H47N11O6/c1-46-17-18-50(39(46)57)26-5-3-15-47(20-26)30-19-42-33(34(41)53)35(44-30)43-24-8-10-25(11-9-24)48-16-4-14-40(21-48)22-49(23-40)28-7-2-6-27-32(28)38(56)51(37(27)55)29-12-13-31(52)45-36(29)54/h2,6-11,19,26,29,34,53H,3-5,12-18,20-23,41H2,1H3,(H,43,44)(H,45,52,54)/t26-,29?,34?/m1/s1. The summed E-state index contributed by atoms with van der Waals surface area (Å²) in [5.41, 5.74) is 9.29. The molecule has 0 radical (unpaired) electrons. The van der Waals surface area contributed by atoms with Crippen LogP contribution in [0, 0.1) is 5.41 Å². The number of aliphatic hydroxyl groups is 1. The molecular weight excluding hydrogens is 731 g/mol. The number of carbonyl (C=O) groups excluding carboxylic acids is 5. The fraction of sp³-hybridized carbons (Fsp3) is 0.475. The highest BCUT2D eigenvalue weighted by Crippen LogP contribution is 2.45. The SMILES string of the molecule is CN1CCN([C@@H]2CCCN(c3cnc(C(N)O)c(Nc4ccc(N5CCCC6(C5)CN(c5cccc7c5C(=O)N(C5CCC(=O)NC5=O)C7=O)C6)cc4)n3)C2)C1=O. The molecule has 6 amide bonds. The third-order valence-electron chi connectivity index (χ3n) is 12.5. The van der Waals surface area contributed by atoms with Crippen LogP contribution in [0.15, 0.2) is 48.7 Å². The van der Waals surface area contributed by atoms with Gasteiger partial charge in [0.2, 0.25) is 11.8 Å². The van der Waals surface area contributed by atoms with Crippen molar-refractivity contribution in [3.63, 3.8) is 0 Å². The van der Waals surface area contributed by atoms with E-state index in [0.29, 0.717) is 36.0 Å². The number of hydrogen-bond donors (Lipinski definition) is 4. The number of nitrogens with one attached hydrogen (secondary N) is 2. The van der Waals surface area contributed by atoms with Gasteiger partial charge in [-0.1, -0.05) is 6.07 Å². The van der Waals surface area contributed by atoms with Gasteiger partial charge < -0.3 is 40.7 Å². The van der Waals surface area contributed by atoms with Gasteiger partial charge in [0.15, 0.2) is 5.82 Å². The van der Waals surface area contributed by atoms with E-state index in [4.69, 9.17) is 10.7 Å². The molecule has 3 aromatic rings. The van der Waals surface area contributed by atoms with E-state index in [2.05, 4.69) is 42.5 Å². The molecule has 5 N–H and O–H groups in total. The molecule has 6 aliphatic heterocycles. The fourth-order valence-electron chi connectivity index (χ4n) is 9.55. The lowest BCUT2D eigenvalue weighted by Gasteiger charge is -2.56. The molecule has 0 bridgehead atoms. The molecule has 6 aliphatic rings. The second-order valence-corrected chi connectivity index (χ2v) is 16.2. The van der Waals surface area contributed by atoms with Crippen molar-refractivity contribution < 1.29 is 29.1 Å². The lowest BCUT2D eigenvalue weighted by molar-refractivity contribution is -0.136. The van der Waals surface area contributed by atoms with Gasteiger partial charge in [-0.25, -0.2) is 14.8 Å². The largest absolute Gasteiger partial charge is 0.373 e. The van der Waals surface area contributed by atoms with Gasteiger partial charge in [-0.15, -0.1) is 0 Å². The van der Waals surface area contributed by atoms with Crippen molar-refractivity contribution in [1.82, 2.24) is 30.0 Å². The molecule has 1 aromatic heterocycles. The van der Waals surface area contributed by atoms with Crippen molar-refractivity contribution in [3.05, 3.63) is 65.5 Å². The summed E-state index contributed by atoms with van der Waals surface area (Å²) >= 11 is 0. The number of nitrogens with two attached hydrogens (primary N) is 1. The Morgan fingerprint density at radius 2 is 1.68 bits per heavy atom. The Kier molecular flexibility index (Phi) is 9.23. The summed E-state index contributed by atoms with van der Waals surface area (Å²) in [4.78, 5) is 84.9. The molecule has 57 heavy (non-hydrogen) atoms. The average molecular weight is 778 g/mol. The quantitative estimate of drug-likeness (QED) is 0.192. The summed E-state index contributed by atoms with van der Waals surface area (Å²) in [5.74, 6) is -0.993. The zero-order valence-electron chi connectivity index (χ0n) is 31.9. The maximum absolute atomic E-state index is 13.7. The number of carbonyl (C=O) groups is 5. The van der Waals surface area contributed by atoms with Crippen LogP contribution < -0.4 is 31.1 Å². The summed E-state index contributed by atoms with van der Waals surface area (Å²) in [6.07, 6.45) is 4.38. The zero-order valence-corrected chi connectivity index (χ0v) is 31.9. The lowest BCUT2D eigenvalue weighted by Crippen LogP contribution is -2.63. The van der Waals surface area contributed by atoms with E-state index in [1.165, 1.54) is 0 Å². The number of urea groups is 1. The molecular formula is C40H47N11O6. The van der Waals surface area contributed by atoms with Crippen LogP contribution in [0.3, 0.4) is 0 Å². The molecule has 0 saturated carbocycles. The highest BCUT2D eigenvalue weighted by Gasteiger charge is 2.50. The van der Waals surface area contributed by atoms with Crippen molar-refractivity contribution in [1.29, 1.82) is 0 Å². The van der Waals surface area contributed by atoms with Crippen molar-refractivity contribution in [2.24, 2.45) is 11.1 Å². The number of amides is 6. The van der Waals surface area contributed by atoms with Crippen LogP contribution in [0.5, 0.6) is 0 Å². The predicted octanol–water partition coefficient (Wildman–Crippen LogP) is 2.01. The number of hydrogen-bond acceptors (Lipinski definition) is 13. The van der Waals surface area contributed by atoms with Crippen LogP contribution in [0.25, 0.3) is 0 Å². The first kappa shape index (κ1) is 36.8. The van der Waals surface area contributed by atoms with E-state index >= 15 is 0 Å². The Bertz CT molecular complexity index is 2140. The van der Waals surface area contributed by atoms with E-state index in [-0.39, 0.29) is 41.6 Å². The number of nitrogens with zero attached hydrogens (tertiary/aromatic N) is 8. The highest BCUT2D eigenvalue weighted by molar-refractivity contribution is 6.25. The molecule has 2 aromatic carbocycles. The van der Waals surface area contributed by atoms with Gasteiger partial charge >= 0.3 is 6.03 Å². The molecule has 17 heteroatoms. The van der Waals surface area contributed by atoms with Gasteiger partial charge in [-0.2, -0.15) is 0 Å². The first-order chi connectivity index (χ1) is 27.5. The third kappa shape index (κ3) is 6.57. The van der Waals surface area contributed by atoms with Crippen molar-refractivity contribution in [2.75, 3.05) is 79.4 Å². The smallest absolute Gasteiger partial charge is 0.320 e. The minimum absolute atomic E-state index is 0.000500. The number of fused-ring (bicyclic) bond motifs is 1. The number of likely N-dealkylation sites (N-methyl/N-ethyl adjacent to an activating group) is 1. The van der Waals surface area contributed by atoms with Crippen molar-refractivity contribution in [3.8, 4) is 0 Å². The molecule has 17 nitrogen and oxygen atoms in total. The van der Waals surface area contributed by atoms with Crippen LogP contribution in [0.2, 0.25) is 0 Å². The summed E-state index contributed by atoms with van der Waals surface area (Å²) in [6, 6.07) is 12.5. The summed E-state index contributed by atoms with van der Waals surface area (Å²) in [5, 5.41) is 16.0. The molecule has 1 spiro atoms. The second kappa shape index (κ2) is 14.3. The van der Waals surface area contributed by atoms with Crippen LogP contribution in [-0.2, 0) is 9.59 Å². The molecule has 5 saturated heterocycles. The fourth-order valence-corrected chi connectivity index (χ4v) is 9.55. The first-order valence-electron chi connectivity index (χ1n) is 19.8. The molecule has 0 aliphatic carbocycles. The lowest BCUT2D eigenvalue weighted by atomic mass is 9.72. The summed E-state index contributed by atoms with van der Waals surface area (Å²) in [7, 11) is 1.83. The Morgan fingerprint density at radius 1 is 0.912 bits per heavy atom. The number of rotatable bonds is 8. The van der Waals surface area contributed by atoms with Gasteiger partial charge in [-0.3, -0.25) is 29.4 Å².